The highest BCUT2D eigenvalue weighted by molar-refractivity contribution is 6.31. The summed E-state index contributed by atoms with van der Waals surface area (Å²) in [4.78, 5) is 37.6. The lowest BCUT2D eigenvalue weighted by Gasteiger charge is -2.36. The van der Waals surface area contributed by atoms with Gasteiger partial charge in [-0.2, -0.15) is 10.2 Å². The molecule has 3 N–H and O–H groups in total. The maximum absolute atomic E-state index is 13.6. The Kier molecular flexibility index (Phi) is 15.6. The smallest absolute Gasteiger partial charge is 0.248 e. The molecule has 19 heteroatoms. The molecule has 2 aliphatic carbocycles. The predicted molar refractivity (Wildman–Crippen MR) is 238 cm³/mol. The zero-order chi connectivity index (χ0) is 45.5. The summed E-state index contributed by atoms with van der Waals surface area (Å²) in [6, 6.07) is 11.4. The molecule has 8 rings (SSSR count). The number of nitrogens with zero attached hydrogens (tertiary/aromatic N) is 9. The van der Waals surface area contributed by atoms with E-state index in [0.717, 1.165) is 67.7 Å². The molecule has 63 heavy (non-hydrogen) atoms. The number of nitrogens with one attached hydrogen (secondary N) is 3. The van der Waals surface area contributed by atoms with Crippen LogP contribution in [0.4, 0.5) is 34.9 Å². The molecule has 0 atom stereocenters. The standard InChI is InChI=1S/C22H30F2N6O.C16H19ClF2N4.C6H12N2O/c1-15-12-16(2)30(27-15)21-14-19(29-10-8-28(9-11-29)17(3)31)13-20(26-21)25-18-4-6-22(23,24)7-5-18;1-10-7-11(2)23(22-10)15-9-12(17)8-14(21-15)20-13-3-5-16(18,19)6-4-13;1-6(9)8-4-2-7-3-5-8/h12-14,18H,4-11H2,1-3H3,(H,25,26);7-9,13H,3-6H2,1-2H3,(H,20,21);7H,2-5H2,1H3. The van der Waals surface area contributed by atoms with Crippen LogP contribution in [-0.4, -0.2) is 127 Å². The van der Waals surface area contributed by atoms with Crippen LogP contribution < -0.4 is 20.9 Å². The van der Waals surface area contributed by atoms with Crippen LogP contribution in [0.3, 0.4) is 0 Å². The van der Waals surface area contributed by atoms with Gasteiger partial charge in [0, 0.05) is 144 Å². The molecule has 344 valence electrons. The Bertz CT molecular complexity index is 2170. The van der Waals surface area contributed by atoms with Crippen LogP contribution in [0.1, 0.15) is 88.0 Å². The number of amides is 2. The summed E-state index contributed by atoms with van der Waals surface area (Å²) in [6.07, 6.45) is 1.33. The number of carbonyl (C=O) groups is 2. The zero-order valence-electron chi connectivity index (χ0n) is 37.2. The van der Waals surface area contributed by atoms with Crippen molar-refractivity contribution in [3.8, 4) is 11.6 Å². The molecule has 0 spiro atoms. The number of aromatic nitrogens is 6. The number of hydrogen-bond donors (Lipinski definition) is 3. The maximum atomic E-state index is 13.6. The molecule has 4 aliphatic rings. The Balaban J connectivity index is 0.000000180. The van der Waals surface area contributed by atoms with Crippen LogP contribution in [0.15, 0.2) is 36.4 Å². The van der Waals surface area contributed by atoms with Crippen molar-refractivity contribution < 1.29 is 27.2 Å². The van der Waals surface area contributed by atoms with Crippen molar-refractivity contribution in [1.82, 2.24) is 44.6 Å². The van der Waals surface area contributed by atoms with Crippen molar-refractivity contribution >= 4 is 40.7 Å². The molecule has 4 aromatic rings. The van der Waals surface area contributed by atoms with Crippen LogP contribution in [0.5, 0.6) is 0 Å². The first kappa shape index (κ1) is 47.5. The lowest BCUT2D eigenvalue weighted by atomic mass is 9.92. The minimum atomic E-state index is -2.56. The minimum absolute atomic E-state index is 0.00565. The molecular formula is C44H61ClF4N12O2. The number of rotatable bonds is 7. The number of anilines is 3. The van der Waals surface area contributed by atoms with E-state index in [0.29, 0.717) is 67.1 Å². The molecule has 14 nitrogen and oxygen atoms in total. The van der Waals surface area contributed by atoms with Gasteiger partial charge >= 0.3 is 0 Å². The van der Waals surface area contributed by atoms with E-state index >= 15 is 0 Å². The summed E-state index contributed by atoms with van der Waals surface area (Å²) in [5, 5.41) is 19.3. The van der Waals surface area contributed by atoms with E-state index in [-0.39, 0.29) is 49.6 Å². The second-order valence-electron chi connectivity index (χ2n) is 17.1. The Morgan fingerprint density at radius 1 is 0.635 bits per heavy atom. The molecule has 6 heterocycles. The number of aryl methyl sites for hydroxylation is 4. The Morgan fingerprint density at radius 2 is 1.06 bits per heavy atom. The van der Waals surface area contributed by atoms with E-state index in [1.54, 1.807) is 30.7 Å². The topological polar surface area (TPSA) is 141 Å². The predicted octanol–water partition coefficient (Wildman–Crippen LogP) is 7.51. The first-order chi connectivity index (χ1) is 29.8. The zero-order valence-corrected chi connectivity index (χ0v) is 37.9. The third-order valence-corrected chi connectivity index (χ3v) is 12.0. The van der Waals surface area contributed by atoms with Gasteiger partial charge in [0.15, 0.2) is 11.6 Å². The maximum Gasteiger partial charge on any atom is 0.248 e. The van der Waals surface area contributed by atoms with Crippen molar-refractivity contribution in [3.05, 3.63) is 64.2 Å². The average Bonchev–Trinajstić information content (AvgIpc) is 3.77. The second kappa shape index (κ2) is 20.7. The largest absolute Gasteiger partial charge is 0.368 e. The number of hydrogen-bond acceptors (Lipinski definition) is 10. The van der Waals surface area contributed by atoms with Gasteiger partial charge in [0.05, 0.1) is 11.4 Å². The van der Waals surface area contributed by atoms with E-state index in [1.807, 2.05) is 66.4 Å². The highest BCUT2D eigenvalue weighted by atomic mass is 35.5. The van der Waals surface area contributed by atoms with Gasteiger partial charge in [0.1, 0.15) is 11.6 Å². The molecule has 4 fully saturated rings. The van der Waals surface area contributed by atoms with Crippen LogP contribution in [0.25, 0.3) is 11.6 Å². The fourth-order valence-corrected chi connectivity index (χ4v) is 8.50. The van der Waals surface area contributed by atoms with E-state index in [4.69, 9.17) is 16.6 Å². The SMILES string of the molecule is CC(=O)N1CCN(c2cc(NC3CCC(F)(F)CC3)nc(-n3nc(C)cc3C)c2)CC1.CC(=O)N1CCNCC1.Cc1cc(C)n(-c2cc(Cl)cc(NC3CCC(F)(F)CC3)n2)n1. The van der Waals surface area contributed by atoms with Crippen molar-refractivity contribution in [1.29, 1.82) is 0 Å². The summed E-state index contributed by atoms with van der Waals surface area (Å²) < 4.78 is 57.1. The third-order valence-electron chi connectivity index (χ3n) is 11.8. The summed E-state index contributed by atoms with van der Waals surface area (Å²) in [7, 11) is 0. The monoisotopic (exact) mass is 900 g/mol. The molecule has 2 aliphatic heterocycles. The van der Waals surface area contributed by atoms with E-state index in [1.165, 1.54) is 0 Å². The molecule has 2 saturated carbocycles. The van der Waals surface area contributed by atoms with Crippen LogP contribution in [0.2, 0.25) is 5.02 Å². The van der Waals surface area contributed by atoms with Crippen LogP contribution >= 0.6 is 11.6 Å². The molecule has 0 unspecified atom stereocenters. The quantitative estimate of drug-likeness (QED) is 0.160. The van der Waals surface area contributed by atoms with Gasteiger partial charge in [0.2, 0.25) is 23.7 Å². The Hall–Kier alpha value is -4.97. The normalized spacial score (nSPS) is 19.1. The van der Waals surface area contributed by atoms with Crippen molar-refractivity contribution in [2.75, 3.05) is 67.9 Å². The summed E-state index contributed by atoms with van der Waals surface area (Å²) in [6.45, 7) is 17.4. The molecule has 0 aromatic carbocycles. The van der Waals surface area contributed by atoms with Crippen LogP contribution in [0, 0.1) is 27.7 Å². The molecule has 0 radical (unpaired) electrons. The lowest BCUT2D eigenvalue weighted by molar-refractivity contribution is -0.130. The van der Waals surface area contributed by atoms with Gasteiger partial charge < -0.3 is 30.7 Å². The van der Waals surface area contributed by atoms with Gasteiger partial charge in [0.25, 0.3) is 0 Å². The third kappa shape index (κ3) is 13.5. The van der Waals surface area contributed by atoms with Gasteiger partial charge in [-0.3, -0.25) is 9.59 Å². The van der Waals surface area contributed by atoms with Crippen LogP contribution in [-0.2, 0) is 9.59 Å². The van der Waals surface area contributed by atoms with Crippen molar-refractivity contribution in [3.63, 3.8) is 0 Å². The number of halogens is 5. The highest BCUT2D eigenvalue weighted by Crippen LogP contribution is 2.36. The van der Waals surface area contributed by atoms with Gasteiger partial charge in [-0.05, 0) is 71.6 Å². The summed E-state index contributed by atoms with van der Waals surface area (Å²) in [5.74, 6) is -2.23. The van der Waals surface area contributed by atoms with Gasteiger partial charge in [-0.1, -0.05) is 11.6 Å². The average molecular weight is 901 g/mol. The van der Waals surface area contributed by atoms with E-state index in [2.05, 4.69) is 36.0 Å². The molecular weight excluding hydrogens is 840 g/mol. The van der Waals surface area contributed by atoms with Gasteiger partial charge in [-0.25, -0.2) is 36.9 Å². The molecule has 4 aromatic heterocycles. The highest BCUT2D eigenvalue weighted by Gasteiger charge is 2.36. The second-order valence-corrected chi connectivity index (χ2v) is 17.5. The van der Waals surface area contributed by atoms with Gasteiger partial charge in [-0.15, -0.1) is 0 Å². The fourth-order valence-electron chi connectivity index (χ4n) is 8.30. The van der Waals surface area contributed by atoms with Crippen molar-refractivity contribution in [2.24, 2.45) is 0 Å². The number of alkyl halides is 4. The Labute approximate surface area is 372 Å². The molecule has 2 amide bonds. The molecule has 2 saturated heterocycles. The summed E-state index contributed by atoms with van der Waals surface area (Å²) in [5.41, 5.74) is 4.73. The van der Waals surface area contributed by atoms with E-state index in [9.17, 15) is 27.2 Å². The fraction of sp³-hybridized carbons (Fsp3) is 0.591. The summed E-state index contributed by atoms with van der Waals surface area (Å²) >= 11 is 6.18. The first-order valence-electron chi connectivity index (χ1n) is 21.9. The number of carbonyl (C=O) groups excluding carboxylic acids is 2. The van der Waals surface area contributed by atoms with Crippen molar-refractivity contribution in [2.45, 2.75) is 117 Å². The minimum Gasteiger partial charge on any atom is -0.368 e. The number of piperazine rings is 2. The number of pyridine rings is 2. The van der Waals surface area contributed by atoms with E-state index < -0.39 is 11.8 Å². The first-order valence-corrected chi connectivity index (χ1v) is 22.2. The Morgan fingerprint density at radius 3 is 1.48 bits per heavy atom. The lowest BCUT2D eigenvalue weighted by Crippen LogP contribution is -2.48. The molecule has 0 bridgehead atoms.